The Labute approximate surface area is 116 Å². The number of benzene rings is 1. The fraction of sp³-hybridized carbons (Fsp3) is 0.333. The predicted molar refractivity (Wildman–Crippen MR) is 77.0 cm³/mol. The molecule has 0 aliphatic heterocycles. The molecule has 18 heavy (non-hydrogen) atoms. The van der Waals surface area contributed by atoms with Crippen molar-refractivity contribution in [1.82, 2.24) is 0 Å². The average molecular weight is 279 g/mol. The van der Waals surface area contributed by atoms with Crippen LogP contribution in [-0.2, 0) is 12.8 Å². The third-order valence-electron chi connectivity index (χ3n) is 3.42. The van der Waals surface area contributed by atoms with Gasteiger partial charge in [0.2, 0.25) is 0 Å². The molecule has 1 aromatic heterocycles. The van der Waals surface area contributed by atoms with E-state index in [4.69, 9.17) is 16.3 Å². The first kappa shape index (κ1) is 12.1. The molecule has 1 atom stereocenters. The van der Waals surface area contributed by atoms with Crippen molar-refractivity contribution in [2.75, 3.05) is 7.11 Å². The van der Waals surface area contributed by atoms with Crippen LogP contribution >= 0.6 is 22.9 Å². The topological polar surface area (TPSA) is 9.23 Å². The molecule has 0 fully saturated rings. The molecule has 3 heteroatoms. The molecule has 1 aliphatic rings. The fourth-order valence-corrected chi connectivity index (χ4v) is 4.02. The number of alkyl halides is 1. The monoisotopic (exact) mass is 278 g/mol. The van der Waals surface area contributed by atoms with Crippen molar-refractivity contribution < 1.29 is 4.74 Å². The summed E-state index contributed by atoms with van der Waals surface area (Å²) in [7, 11) is 1.68. The van der Waals surface area contributed by atoms with Crippen molar-refractivity contribution >= 4 is 22.9 Å². The number of fused-ring (bicyclic) bond motifs is 1. The van der Waals surface area contributed by atoms with Crippen LogP contribution in [0.3, 0.4) is 0 Å². The molecule has 3 rings (SSSR count). The van der Waals surface area contributed by atoms with E-state index < -0.39 is 0 Å². The van der Waals surface area contributed by atoms with E-state index in [0.29, 0.717) is 0 Å². The maximum atomic E-state index is 6.56. The van der Waals surface area contributed by atoms with Gasteiger partial charge in [-0.1, -0.05) is 12.1 Å². The number of aryl methyl sites for hydroxylation is 2. The lowest BCUT2D eigenvalue weighted by Gasteiger charge is -2.08. The van der Waals surface area contributed by atoms with Crippen molar-refractivity contribution in [3.8, 4) is 5.75 Å². The van der Waals surface area contributed by atoms with Crippen LogP contribution in [0.2, 0.25) is 0 Å². The summed E-state index contributed by atoms with van der Waals surface area (Å²) in [6, 6.07) is 10.3. The summed E-state index contributed by atoms with van der Waals surface area (Å²) in [5.74, 6) is 0.872. The molecule has 0 radical (unpaired) electrons. The van der Waals surface area contributed by atoms with Crippen molar-refractivity contribution in [2.45, 2.75) is 24.6 Å². The lowest BCUT2D eigenvalue weighted by molar-refractivity contribution is 0.414. The minimum Gasteiger partial charge on any atom is -0.497 e. The lowest BCUT2D eigenvalue weighted by atomic mass is 10.1. The van der Waals surface area contributed by atoms with Crippen molar-refractivity contribution in [1.29, 1.82) is 0 Å². The van der Waals surface area contributed by atoms with E-state index in [0.717, 1.165) is 11.3 Å². The van der Waals surface area contributed by atoms with Crippen molar-refractivity contribution in [2.24, 2.45) is 0 Å². The second-order valence-electron chi connectivity index (χ2n) is 4.59. The predicted octanol–water partition coefficient (Wildman–Crippen LogP) is 4.57. The summed E-state index contributed by atoms with van der Waals surface area (Å²) in [4.78, 5) is 2.80. The van der Waals surface area contributed by atoms with E-state index in [9.17, 15) is 0 Å². The first-order valence-electron chi connectivity index (χ1n) is 6.17. The zero-order chi connectivity index (χ0) is 12.5. The molecular formula is C15H15ClOS. The Balaban J connectivity index is 1.86. The number of hydrogen-bond donors (Lipinski definition) is 0. The van der Waals surface area contributed by atoms with Crippen LogP contribution in [0.5, 0.6) is 5.75 Å². The number of halogens is 1. The number of rotatable bonds is 3. The summed E-state index contributed by atoms with van der Waals surface area (Å²) in [6.45, 7) is 0. The van der Waals surface area contributed by atoms with E-state index in [-0.39, 0.29) is 5.38 Å². The quantitative estimate of drug-likeness (QED) is 0.747. The smallest absolute Gasteiger partial charge is 0.118 e. The Bertz CT molecular complexity index is 523. The fourth-order valence-electron chi connectivity index (χ4n) is 2.41. The molecule has 0 spiro atoms. The second kappa shape index (κ2) is 4.94. The highest BCUT2D eigenvalue weighted by atomic mass is 35.5. The van der Waals surface area contributed by atoms with Gasteiger partial charge >= 0.3 is 0 Å². The molecule has 0 amide bonds. The maximum absolute atomic E-state index is 6.56. The molecule has 0 bridgehead atoms. The van der Waals surface area contributed by atoms with Crippen molar-refractivity contribution in [3.63, 3.8) is 0 Å². The number of thiophene rings is 1. The van der Waals surface area contributed by atoms with Gasteiger partial charge in [0.1, 0.15) is 5.75 Å². The molecular weight excluding hydrogens is 264 g/mol. The van der Waals surface area contributed by atoms with Gasteiger partial charge in [-0.15, -0.1) is 22.9 Å². The van der Waals surface area contributed by atoms with Crippen LogP contribution in [-0.4, -0.2) is 7.11 Å². The van der Waals surface area contributed by atoms with Crippen molar-refractivity contribution in [3.05, 3.63) is 51.2 Å². The van der Waals surface area contributed by atoms with Crippen LogP contribution in [0.1, 0.15) is 32.7 Å². The van der Waals surface area contributed by atoms with Gasteiger partial charge in [-0.3, -0.25) is 0 Å². The van der Waals surface area contributed by atoms with E-state index >= 15 is 0 Å². The zero-order valence-electron chi connectivity index (χ0n) is 10.3. The average Bonchev–Trinajstić information content (AvgIpc) is 2.99. The normalized spacial score (nSPS) is 15.4. The lowest BCUT2D eigenvalue weighted by Crippen LogP contribution is -1.91. The van der Waals surface area contributed by atoms with Crippen LogP contribution in [0.4, 0.5) is 0 Å². The number of ether oxygens (including phenoxy) is 1. The first-order valence-corrected chi connectivity index (χ1v) is 7.42. The third kappa shape index (κ3) is 2.15. The standard InChI is InChI=1S/C15H15ClOS/c1-17-12-7-5-10(6-8-12)15(16)14-9-11-3-2-4-13(11)18-14/h5-9,15H,2-4H2,1H3. The molecule has 1 nitrogen and oxygen atoms in total. The summed E-state index contributed by atoms with van der Waals surface area (Å²) in [5.41, 5.74) is 2.64. The minimum atomic E-state index is -0.0356. The summed E-state index contributed by atoms with van der Waals surface area (Å²) in [5, 5.41) is -0.0356. The highest BCUT2D eigenvalue weighted by Crippen LogP contribution is 2.39. The Kier molecular flexibility index (Phi) is 3.31. The summed E-state index contributed by atoms with van der Waals surface area (Å²) < 4.78 is 5.16. The molecule has 0 saturated carbocycles. The molecule has 1 heterocycles. The molecule has 0 saturated heterocycles. The Morgan fingerprint density at radius 3 is 2.67 bits per heavy atom. The first-order chi connectivity index (χ1) is 8.78. The summed E-state index contributed by atoms with van der Waals surface area (Å²) >= 11 is 8.43. The Hall–Kier alpha value is -0.990. The van der Waals surface area contributed by atoms with Gasteiger partial charge in [0, 0.05) is 9.75 Å². The zero-order valence-corrected chi connectivity index (χ0v) is 11.9. The largest absolute Gasteiger partial charge is 0.497 e. The van der Waals surface area contributed by atoms with Crippen LogP contribution in [0, 0.1) is 0 Å². The van der Waals surface area contributed by atoms with Crippen LogP contribution < -0.4 is 4.74 Å². The highest BCUT2D eigenvalue weighted by Gasteiger charge is 2.19. The van der Waals surface area contributed by atoms with Gasteiger partial charge in [0.25, 0.3) is 0 Å². The van der Waals surface area contributed by atoms with E-state index in [1.165, 1.54) is 34.6 Å². The van der Waals surface area contributed by atoms with E-state index in [2.05, 4.69) is 6.07 Å². The Morgan fingerprint density at radius 2 is 2.00 bits per heavy atom. The highest BCUT2D eigenvalue weighted by molar-refractivity contribution is 7.12. The maximum Gasteiger partial charge on any atom is 0.118 e. The molecule has 2 aromatic rings. The van der Waals surface area contributed by atoms with Gasteiger partial charge < -0.3 is 4.74 Å². The van der Waals surface area contributed by atoms with Gasteiger partial charge in [0.05, 0.1) is 12.5 Å². The van der Waals surface area contributed by atoms with Gasteiger partial charge in [0.15, 0.2) is 0 Å². The molecule has 1 aromatic carbocycles. The van der Waals surface area contributed by atoms with Crippen LogP contribution in [0.15, 0.2) is 30.3 Å². The molecule has 94 valence electrons. The minimum absolute atomic E-state index is 0.0356. The summed E-state index contributed by atoms with van der Waals surface area (Å²) in [6.07, 6.45) is 3.75. The Morgan fingerprint density at radius 1 is 1.22 bits per heavy atom. The van der Waals surface area contributed by atoms with Gasteiger partial charge in [-0.05, 0) is 48.6 Å². The number of methoxy groups -OCH3 is 1. The van der Waals surface area contributed by atoms with Crippen LogP contribution in [0.25, 0.3) is 0 Å². The van der Waals surface area contributed by atoms with E-state index in [1.807, 2.05) is 35.6 Å². The SMILES string of the molecule is COc1ccc(C(Cl)c2cc3c(s2)CCC3)cc1. The molecule has 1 unspecified atom stereocenters. The molecule has 0 N–H and O–H groups in total. The second-order valence-corrected chi connectivity index (χ2v) is 6.19. The molecule has 1 aliphatic carbocycles. The van der Waals surface area contributed by atoms with Gasteiger partial charge in [-0.2, -0.15) is 0 Å². The van der Waals surface area contributed by atoms with Gasteiger partial charge in [-0.25, -0.2) is 0 Å². The van der Waals surface area contributed by atoms with E-state index in [1.54, 1.807) is 7.11 Å². The number of hydrogen-bond acceptors (Lipinski definition) is 2. The third-order valence-corrected chi connectivity index (χ3v) is 5.34.